The van der Waals surface area contributed by atoms with Crippen LogP contribution in [0.25, 0.3) is 0 Å². The first-order valence-corrected chi connectivity index (χ1v) is 7.23. The third-order valence-corrected chi connectivity index (χ3v) is 3.33. The van der Waals surface area contributed by atoms with Crippen molar-refractivity contribution < 1.29 is 19.4 Å². The van der Waals surface area contributed by atoms with Gasteiger partial charge in [0.15, 0.2) is 9.87 Å². The lowest BCUT2D eigenvalue weighted by atomic mass is 10.0. The van der Waals surface area contributed by atoms with Gasteiger partial charge in [0.1, 0.15) is 5.60 Å². The fourth-order valence-corrected chi connectivity index (χ4v) is 2.67. The first-order chi connectivity index (χ1) is 9.19. The first-order valence-electron chi connectivity index (χ1n) is 6.16. The zero-order valence-corrected chi connectivity index (χ0v) is 13.6. The number of imidazole rings is 1. The van der Waals surface area contributed by atoms with Gasteiger partial charge >= 0.3 is 12.1 Å². The predicted octanol–water partition coefficient (Wildman–Crippen LogP) is 1.93. The van der Waals surface area contributed by atoms with Crippen LogP contribution in [0.2, 0.25) is 0 Å². The highest BCUT2D eigenvalue weighted by atomic mass is 127. The second kappa shape index (κ2) is 5.23. The minimum Gasteiger partial charge on any atom is -0.479 e. The lowest BCUT2D eigenvalue weighted by Crippen LogP contribution is -2.45. The number of ether oxygens (including phenoxy) is 1. The molecule has 1 amide bonds. The van der Waals surface area contributed by atoms with Crippen molar-refractivity contribution in [1.82, 2.24) is 14.9 Å². The minimum atomic E-state index is -1.11. The maximum Gasteiger partial charge on any atom is 0.411 e. The highest BCUT2D eigenvalue weighted by Gasteiger charge is 2.40. The summed E-state index contributed by atoms with van der Waals surface area (Å²) in [7, 11) is 0. The van der Waals surface area contributed by atoms with Gasteiger partial charge in [0, 0.05) is 18.7 Å². The Morgan fingerprint density at radius 2 is 2.15 bits per heavy atom. The number of aromatic amines is 1. The molecule has 1 aromatic rings. The molecular formula is C12H16IN3O4. The first kappa shape index (κ1) is 15.1. The summed E-state index contributed by atoms with van der Waals surface area (Å²) in [5.74, 6) is -1.11. The zero-order chi connectivity index (χ0) is 15.1. The van der Waals surface area contributed by atoms with Crippen LogP contribution in [0.4, 0.5) is 4.79 Å². The molecule has 0 saturated heterocycles. The number of fused-ring (bicyclic) bond motifs is 1. The number of halogens is 1. The van der Waals surface area contributed by atoms with Gasteiger partial charge in [-0.2, -0.15) is 0 Å². The summed E-state index contributed by atoms with van der Waals surface area (Å²) < 4.78 is 5.88. The summed E-state index contributed by atoms with van der Waals surface area (Å²) in [5, 5.41) is 9.41. The fraction of sp³-hybridized carbons (Fsp3) is 0.583. The number of carboxylic acids is 1. The van der Waals surface area contributed by atoms with Crippen LogP contribution >= 0.6 is 22.6 Å². The number of aromatic nitrogens is 2. The quantitative estimate of drug-likeness (QED) is 0.711. The molecule has 1 atom stereocenters. The highest BCUT2D eigenvalue weighted by molar-refractivity contribution is 14.1. The number of H-pyrrole nitrogens is 1. The number of carbonyl (C=O) groups is 2. The molecule has 0 spiro atoms. The van der Waals surface area contributed by atoms with Crippen LogP contribution in [0.1, 0.15) is 38.2 Å². The van der Waals surface area contributed by atoms with Crippen LogP contribution in [0.15, 0.2) is 0 Å². The van der Waals surface area contributed by atoms with E-state index in [4.69, 9.17) is 4.74 Å². The summed E-state index contributed by atoms with van der Waals surface area (Å²) in [6.45, 7) is 5.52. The summed E-state index contributed by atoms with van der Waals surface area (Å²) in [6, 6.07) is -1.10. The van der Waals surface area contributed by atoms with Crippen molar-refractivity contribution in [2.75, 3.05) is 6.54 Å². The standard InChI is InChI=1S/C12H16IN3O4/c1-12(2,3)20-11(19)16-5-4-6-7(8(16)9(17)18)15-10(13)14-6/h8H,4-5H2,1-3H3,(H,14,15)(H,17,18)/t8-/m1/s1. The zero-order valence-electron chi connectivity index (χ0n) is 11.4. The molecule has 1 aliphatic rings. The van der Waals surface area contributed by atoms with Gasteiger partial charge < -0.3 is 14.8 Å². The molecule has 0 fully saturated rings. The van der Waals surface area contributed by atoms with Gasteiger partial charge in [0.25, 0.3) is 0 Å². The van der Waals surface area contributed by atoms with Crippen molar-refractivity contribution in [2.24, 2.45) is 0 Å². The number of hydrogen-bond acceptors (Lipinski definition) is 4. The number of nitrogens with zero attached hydrogens (tertiary/aromatic N) is 2. The van der Waals surface area contributed by atoms with Crippen LogP contribution in [-0.4, -0.2) is 44.2 Å². The maximum absolute atomic E-state index is 12.1. The third-order valence-electron chi connectivity index (χ3n) is 2.82. The number of nitrogens with one attached hydrogen (secondary N) is 1. The van der Waals surface area contributed by atoms with Crippen molar-refractivity contribution in [3.05, 3.63) is 15.2 Å². The molecule has 0 unspecified atom stereocenters. The molecule has 0 aromatic carbocycles. The molecule has 0 aliphatic carbocycles. The Hall–Kier alpha value is -1.32. The van der Waals surface area contributed by atoms with E-state index in [1.807, 2.05) is 22.6 Å². The highest BCUT2D eigenvalue weighted by Crippen LogP contribution is 2.30. The summed E-state index contributed by atoms with van der Waals surface area (Å²) in [6.07, 6.45) is -0.0949. The molecule has 2 heterocycles. The third kappa shape index (κ3) is 3.05. The Bertz CT molecular complexity index is 549. The van der Waals surface area contributed by atoms with Gasteiger partial charge in [-0.3, -0.25) is 4.90 Å². The molecule has 0 bridgehead atoms. The molecule has 2 N–H and O–H groups in total. The number of rotatable bonds is 1. The fourth-order valence-electron chi connectivity index (χ4n) is 2.08. The number of hydrogen-bond donors (Lipinski definition) is 2. The van der Waals surface area contributed by atoms with E-state index in [9.17, 15) is 14.7 Å². The smallest absolute Gasteiger partial charge is 0.411 e. The van der Waals surface area contributed by atoms with E-state index in [-0.39, 0.29) is 6.54 Å². The van der Waals surface area contributed by atoms with Crippen molar-refractivity contribution in [3.63, 3.8) is 0 Å². The Morgan fingerprint density at radius 1 is 1.50 bits per heavy atom. The molecule has 1 aliphatic heterocycles. The van der Waals surface area contributed by atoms with E-state index < -0.39 is 23.7 Å². The van der Waals surface area contributed by atoms with Gasteiger partial charge in [-0.15, -0.1) is 0 Å². The van der Waals surface area contributed by atoms with Gasteiger partial charge in [0.05, 0.1) is 5.69 Å². The molecule has 0 radical (unpaired) electrons. The topological polar surface area (TPSA) is 95.5 Å². The average Bonchev–Trinajstić information content (AvgIpc) is 2.64. The van der Waals surface area contributed by atoms with Crippen molar-refractivity contribution >= 4 is 34.7 Å². The Morgan fingerprint density at radius 3 is 2.70 bits per heavy atom. The van der Waals surface area contributed by atoms with Gasteiger partial charge in [0.2, 0.25) is 0 Å². The summed E-state index contributed by atoms with van der Waals surface area (Å²) in [4.78, 5) is 32.1. The Labute approximate surface area is 129 Å². The normalized spacial score (nSPS) is 18.6. The summed E-state index contributed by atoms with van der Waals surface area (Å²) >= 11 is 1.99. The van der Waals surface area contributed by atoms with Gasteiger partial charge in [-0.1, -0.05) is 0 Å². The number of amides is 1. The molecular weight excluding hydrogens is 377 g/mol. The molecule has 7 nitrogen and oxygen atoms in total. The van der Waals surface area contributed by atoms with Gasteiger partial charge in [-0.25, -0.2) is 14.6 Å². The van der Waals surface area contributed by atoms with Gasteiger partial charge in [-0.05, 0) is 43.4 Å². The number of carboxylic acid groups (broad SMARTS) is 1. The van der Waals surface area contributed by atoms with E-state index in [0.29, 0.717) is 15.9 Å². The van der Waals surface area contributed by atoms with Crippen molar-refractivity contribution in [2.45, 2.75) is 38.8 Å². The Balaban J connectivity index is 2.31. The molecule has 20 heavy (non-hydrogen) atoms. The van der Waals surface area contributed by atoms with E-state index in [0.717, 1.165) is 5.69 Å². The lowest BCUT2D eigenvalue weighted by Gasteiger charge is -2.33. The lowest BCUT2D eigenvalue weighted by molar-refractivity contribution is -0.144. The second-order valence-corrected chi connectivity index (χ2v) is 6.58. The minimum absolute atomic E-state index is 0.289. The SMILES string of the molecule is CC(C)(C)OC(=O)N1CCc2[nH]c(I)nc2[C@@H]1C(=O)O. The predicted molar refractivity (Wildman–Crippen MR) is 78.3 cm³/mol. The van der Waals surface area contributed by atoms with E-state index >= 15 is 0 Å². The Kier molecular flexibility index (Phi) is 3.94. The largest absolute Gasteiger partial charge is 0.479 e. The second-order valence-electron chi connectivity index (χ2n) is 5.56. The van der Waals surface area contributed by atoms with E-state index in [1.165, 1.54) is 4.90 Å². The van der Waals surface area contributed by atoms with Crippen LogP contribution < -0.4 is 0 Å². The number of aliphatic carboxylic acids is 1. The van der Waals surface area contributed by atoms with Crippen LogP contribution in [0.5, 0.6) is 0 Å². The van der Waals surface area contributed by atoms with Crippen LogP contribution in [0.3, 0.4) is 0 Å². The van der Waals surface area contributed by atoms with Crippen molar-refractivity contribution in [1.29, 1.82) is 0 Å². The van der Waals surface area contributed by atoms with Crippen molar-refractivity contribution in [3.8, 4) is 0 Å². The van der Waals surface area contributed by atoms with E-state index in [1.54, 1.807) is 20.8 Å². The monoisotopic (exact) mass is 393 g/mol. The van der Waals surface area contributed by atoms with E-state index in [2.05, 4.69) is 9.97 Å². The van der Waals surface area contributed by atoms with Crippen LogP contribution in [-0.2, 0) is 16.0 Å². The molecule has 1 aromatic heterocycles. The molecule has 110 valence electrons. The molecule has 0 saturated carbocycles. The summed E-state index contributed by atoms with van der Waals surface area (Å²) in [5.41, 5.74) is 0.487. The average molecular weight is 393 g/mol. The van der Waals surface area contributed by atoms with Crippen LogP contribution in [0, 0.1) is 3.83 Å². The number of carbonyl (C=O) groups excluding carboxylic acids is 1. The molecule has 8 heteroatoms. The maximum atomic E-state index is 12.1. The molecule has 2 rings (SSSR count).